The van der Waals surface area contributed by atoms with Crippen molar-refractivity contribution in [3.05, 3.63) is 64.6 Å². The number of aryl methyl sites for hydroxylation is 2. The molecule has 0 spiro atoms. The fraction of sp³-hybridized carbons (Fsp3) is 0.167. The number of ketones is 1. The van der Waals surface area contributed by atoms with E-state index in [2.05, 4.69) is 10.1 Å². The number of carbonyl (C=O) groups excluding carboxylic acids is 1. The molecule has 4 heteroatoms. The quantitative estimate of drug-likeness (QED) is 0.692. The van der Waals surface area contributed by atoms with Gasteiger partial charge in [0.1, 0.15) is 0 Å². The van der Waals surface area contributed by atoms with E-state index in [0.717, 1.165) is 39.4 Å². The Kier molecular flexibility index (Phi) is 2.73. The fourth-order valence-electron chi connectivity index (χ4n) is 3.01. The minimum atomic E-state index is 0.124. The Morgan fingerprint density at radius 2 is 1.91 bits per heavy atom. The highest BCUT2D eigenvalue weighted by atomic mass is 16.1. The van der Waals surface area contributed by atoms with Crippen LogP contribution in [0.3, 0.4) is 0 Å². The summed E-state index contributed by atoms with van der Waals surface area (Å²) in [7, 11) is 0. The van der Waals surface area contributed by atoms with Crippen LogP contribution in [-0.4, -0.2) is 20.4 Å². The number of rotatable bonds is 1. The summed E-state index contributed by atoms with van der Waals surface area (Å²) < 4.78 is 1.80. The van der Waals surface area contributed by atoms with Crippen LogP contribution in [0.5, 0.6) is 0 Å². The minimum absolute atomic E-state index is 0.124. The van der Waals surface area contributed by atoms with E-state index in [-0.39, 0.29) is 5.78 Å². The number of hydrogen-bond acceptors (Lipinski definition) is 3. The maximum Gasteiger partial charge on any atom is 0.169 e. The van der Waals surface area contributed by atoms with Crippen molar-refractivity contribution in [2.24, 2.45) is 0 Å². The summed E-state index contributed by atoms with van der Waals surface area (Å²) in [5.74, 6) is 0.124. The molecule has 1 aromatic carbocycles. The van der Waals surface area contributed by atoms with E-state index >= 15 is 0 Å². The summed E-state index contributed by atoms with van der Waals surface area (Å²) in [5.41, 5.74) is 6.29. The molecule has 4 rings (SSSR count). The van der Waals surface area contributed by atoms with Gasteiger partial charge in [-0.3, -0.25) is 4.79 Å². The van der Waals surface area contributed by atoms with Gasteiger partial charge in [0.15, 0.2) is 11.4 Å². The number of carbonyl (C=O) groups is 1. The van der Waals surface area contributed by atoms with Gasteiger partial charge < -0.3 is 0 Å². The Balaban J connectivity index is 1.98. The first kappa shape index (κ1) is 13.0. The van der Waals surface area contributed by atoms with Crippen LogP contribution >= 0.6 is 0 Å². The van der Waals surface area contributed by atoms with Gasteiger partial charge in [0, 0.05) is 22.9 Å². The molecule has 0 fully saturated rings. The molecule has 0 radical (unpaired) electrons. The Morgan fingerprint density at radius 1 is 1.14 bits per heavy atom. The summed E-state index contributed by atoms with van der Waals surface area (Å²) in [6, 6.07) is 11.7. The van der Waals surface area contributed by atoms with Gasteiger partial charge in [-0.05, 0) is 25.5 Å². The number of allylic oxidation sites excluding steroid dienone is 1. The Labute approximate surface area is 128 Å². The van der Waals surface area contributed by atoms with Gasteiger partial charge in [0.05, 0.1) is 17.8 Å². The molecule has 1 aliphatic rings. The van der Waals surface area contributed by atoms with Gasteiger partial charge in [0.25, 0.3) is 0 Å². The molecule has 0 aliphatic heterocycles. The number of hydrogen-bond donors (Lipinski definition) is 0. The van der Waals surface area contributed by atoms with E-state index < -0.39 is 0 Å². The first-order valence-electron chi connectivity index (χ1n) is 7.29. The summed E-state index contributed by atoms with van der Waals surface area (Å²) in [6.45, 7) is 3.92. The Bertz CT molecular complexity index is 936. The molecule has 0 atom stereocenters. The van der Waals surface area contributed by atoms with E-state index in [0.29, 0.717) is 6.42 Å². The molecule has 22 heavy (non-hydrogen) atoms. The first-order chi connectivity index (χ1) is 10.6. The number of benzene rings is 1. The highest BCUT2D eigenvalue weighted by Gasteiger charge is 2.24. The lowest BCUT2D eigenvalue weighted by molar-refractivity contribution is -0.113. The van der Waals surface area contributed by atoms with Crippen molar-refractivity contribution in [2.75, 3.05) is 0 Å². The van der Waals surface area contributed by atoms with Gasteiger partial charge in [-0.15, -0.1) is 0 Å². The van der Waals surface area contributed by atoms with Crippen LogP contribution in [0.4, 0.5) is 0 Å². The molecule has 2 heterocycles. The summed E-state index contributed by atoms with van der Waals surface area (Å²) >= 11 is 0. The zero-order valence-electron chi connectivity index (χ0n) is 12.5. The van der Waals surface area contributed by atoms with Crippen molar-refractivity contribution < 1.29 is 4.79 Å². The lowest BCUT2D eigenvalue weighted by Gasteiger charge is -2.18. The smallest absolute Gasteiger partial charge is 0.169 e. The standard InChI is InChI=1S/C18H15N3O/c1-11-8-18-19-12(2)14-9-15(13-6-4-3-5-7-13)17(22)10-16(14)21(18)20-11/h3-9H,10H2,1-2H3. The molecule has 0 saturated carbocycles. The first-order valence-corrected chi connectivity index (χ1v) is 7.29. The van der Waals surface area contributed by atoms with Gasteiger partial charge in [-0.2, -0.15) is 5.10 Å². The van der Waals surface area contributed by atoms with Crippen LogP contribution in [0, 0.1) is 13.8 Å². The molecule has 2 aromatic heterocycles. The molecule has 0 amide bonds. The van der Waals surface area contributed by atoms with E-state index in [1.165, 1.54) is 0 Å². The summed E-state index contributed by atoms with van der Waals surface area (Å²) in [5, 5.41) is 4.47. The number of aromatic nitrogens is 3. The van der Waals surface area contributed by atoms with Crippen LogP contribution in [0.15, 0.2) is 36.4 Å². The highest BCUT2D eigenvalue weighted by molar-refractivity contribution is 6.27. The third-order valence-electron chi connectivity index (χ3n) is 4.05. The van der Waals surface area contributed by atoms with Crippen molar-refractivity contribution in [3.8, 4) is 0 Å². The van der Waals surface area contributed by atoms with E-state index in [4.69, 9.17) is 0 Å². The monoisotopic (exact) mass is 289 g/mol. The van der Waals surface area contributed by atoms with Gasteiger partial charge >= 0.3 is 0 Å². The molecule has 108 valence electrons. The second kappa shape index (κ2) is 4.63. The largest absolute Gasteiger partial charge is 0.294 e. The Hall–Kier alpha value is -2.75. The van der Waals surface area contributed by atoms with Crippen LogP contribution < -0.4 is 0 Å². The average molecular weight is 289 g/mol. The molecule has 0 N–H and O–H groups in total. The summed E-state index contributed by atoms with van der Waals surface area (Å²) in [6.07, 6.45) is 2.31. The number of fused-ring (bicyclic) bond motifs is 3. The fourth-order valence-corrected chi connectivity index (χ4v) is 3.01. The van der Waals surface area contributed by atoms with Crippen LogP contribution in [-0.2, 0) is 11.2 Å². The molecular formula is C18H15N3O. The van der Waals surface area contributed by atoms with E-state index in [9.17, 15) is 4.79 Å². The van der Waals surface area contributed by atoms with Crippen molar-refractivity contribution in [3.63, 3.8) is 0 Å². The van der Waals surface area contributed by atoms with Crippen molar-refractivity contribution in [2.45, 2.75) is 20.3 Å². The molecule has 0 unspecified atom stereocenters. The second-order valence-corrected chi connectivity index (χ2v) is 5.64. The van der Waals surface area contributed by atoms with E-state index in [1.807, 2.05) is 56.3 Å². The zero-order valence-corrected chi connectivity index (χ0v) is 12.5. The zero-order chi connectivity index (χ0) is 15.3. The van der Waals surface area contributed by atoms with Gasteiger partial charge in [-0.25, -0.2) is 9.50 Å². The third kappa shape index (κ3) is 1.88. The van der Waals surface area contributed by atoms with Crippen LogP contribution in [0.1, 0.15) is 28.2 Å². The third-order valence-corrected chi connectivity index (χ3v) is 4.05. The SMILES string of the molecule is Cc1cc2nc(C)c3c(n2n1)CC(=O)C(c1ccccc1)=C3. The van der Waals surface area contributed by atoms with Gasteiger partial charge in [-0.1, -0.05) is 30.3 Å². The maximum atomic E-state index is 12.6. The lowest BCUT2D eigenvalue weighted by atomic mass is 9.90. The van der Waals surface area contributed by atoms with Crippen molar-refractivity contribution >= 4 is 23.1 Å². The van der Waals surface area contributed by atoms with Crippen LogP contribution in [0.2, 0.25) is 0 Å². The van der Waals surface area contributed by atoms with Crippen molar-refractivity contribution in [1.82, 2.24) is 14.6 Å². The normalized spacial score (nSPS) is 14.1. The Morgan fingerprint density at radius 3 is 2.68 bits per heavy atom. The molecule has 4 nitrogen and oxygen atoms in total. The molecule has 3 aromatic rings. The van der Waals surface area contributed by atoms with Crippen LogP contribution in [0.25, 0.3) is 17.3 Å². The number of Topliss-reactive ketones (excluding diaryl/α,β-unsaturated/α-hetero) is 1. The number of nitrogens with zero attached hydrogens (tertiary/aromatic N) is 3. The average Bonchev–Trinajstić information content (AvgIpc) is 2.88. The molecule has 0 bridgehead atoms. The lowest BCUT2D eigenvalue weighted by Crippen LogP contribution is -2.17. The minimum Gasteiger partial charge on any atom is -0.294 e. The second-order valence-electron chi connectivity index (χ2n) is 5.64. The van der Waals surface area contributed by atoms with Crippen molar-refractivity contribution in [1.29, 1.82) is 0 Å². The predicted molar refractivity (Wildman–Crippen MR) is 85.5 cm³/mol. The maximum absolute atomic E-state index is 12.6. The predicted octanol–water partition coefficient (Wildman–Crippen LogP) is 3.01. The molecule has 0 saturated heterocycles. The molecular weight excluding hydrogens is 274 g/mol. The topological polar surface area (TPSA) is 47.3 Å². The van der Waals surface area contributed by atoms with Gasteiger partial charge in [0.2, 0.25) is 0 Å². The van der Waals surface area contributed by atoms with E-state index in [1.54, 1.807) is 4.52 Å². The molecule has 1 aliphatic carbocycles. The highest BCUT2D eigenvalue weighted by Crippen LogP contribution is 2.29. The summed E-state index contributed by atoms with van der Waals surface area (Å²) in [4.78, 5) is 17.2.